The highest BCUT2D eigenvalue weighted by Crippen LogP contribution is 2.35. The van der Waals surface area contributed by atoms with Crippen molar-refractivity contribution in [3.05, 3.63) is 0 Å². The van der Waals surface area contributed by atoms with Crippen molar-refractivity contribution in [2.75, 3.05) is 19.8 Å². The molecule has 1 atom stereocenters. The smallest absolute Gasteiger partial charge is 0.0469 e. The Kier molecular flexibility index (Phi) is 5.11. The molecule has 0 spiro atoms. The van der Waals surface area contributed by atoms with Gasteiger partial charge in [-0.25, -0.2) is 0 Å². The minimum Gasteiger partial charge on any atom is -0.381 e. The first-order valence-corrected chi connectivity index (χ1v) is 7.21. The standard InChI is InChI=1S/C14H27NO/c1-2-9-15-14(6-5-12-3-4-12)13-7-10-16-11-8-13/h12-15H,2-11H2,1H3. The molecule has 0 aromatic carbocycles. The third kappa shape index (κ3) is 4.06. The van der Waals surface area contributed by atoms with Crippen molar-refractivity contribution in [3.8, 4) is 0 Å². The molecule has 0 radical (unpaired) electrons. The summed E-state index contributed by atoms with van der Waals surface area (Å²) in [5, 5.41) is 3.77. The molecule has 1 unspecified atom stereocenters. The predicted octanol–water partition coefficient (Wildman–Crippen LogP) is 2.97. The molecule has 2 nitrogen and oxygen atoms in total. The average Bonchev–Trinajstić information content (AvgIpc) is 3.14. The first-order chi connectivity index (χ1) is 7.90. The maximum absolute atomic E-state index is 5.46. The maximum atomic E-state index is 5.46. The number of rotatable bonds is 7. The summed E-state index contributed by atoms with van der Waals surface area (Å²) in [7, 11) is 0. The van der Waals surface area contributed by atoms with Crippen molar-refractivity contribution in [1.82, 2.24) is 5.32 Å². The van der Waals surface area contributed by atoms with Crippen molar-refractivity contribution in [2.24, 2.45) is 11.8 Å². The number of ether oxygens (including phenoxy) is 1. The van der Waals surface area contributed by atoms with Gasteiger partial charge in [0.15, 0.2) is 0 Å². The van der Waals surface area contributed by atoms with Crippen molar-refractivity contribution in [3.63, 3.8) is 0 Å². The summed E-state index contributed by atoms with van der Waals surface area (Å²) in [6.45, 7) is 5.42. The average molecular weight is 225 g/mol. The van der Waals surface area contributed by atoms with Gasteiger partial charge < -0.3 is 10.1 Å². The van der Waals surface area contributed by atoms with Gasteiger partial charge >= 0.3 is 0 Å². The molecule has 16 heavy (non-hydrogen) atoms. The lowest BCUT2D eigenvalue weighted by Gasteiger charge is -2.31. The predicted molar refractivity (Wildman–Crippen MR) is 67.6 cm³/mol. The second-order valence-corrected chi connectivity index (χ2v) is 5.53. The van der Waals surface area contributed by atoms with Gasteiger partial charge in [0.05, 0.1) is 0 Å². The summed E-state index contributed by atoms with van der Waals surface area (Å²) in [5.74, 6) is 1.95. The highest BCUT2D eigenvalue weighted by Gasteiger charge is 2.27. The SMILES string of the molecule is CCCNC(CCC1CC1)C1CCOCC1. The van der Waals surface area contributed by atoms with Crippen LogP contribution in [-0.4, -0.2) is 25.8 Å². The quantitative estimate of drug-likeness (QED) is 0.719. The van der Waals surface area contributed by atoms with E-state index in [0.717, 1.165) is 31.1 Å². The van der Waals surface area contributed by atoms with Gasteiger partial charge in [-0.3, -0.25) is 0 Å². The van der Waals surface area contributed by atoms with Crippen LogP contribution in [0.3, 0.4) is 0 Å². The molecule has 1 N–H and O–H groups in total. The van der Waals surface area contributed by atoms with E-state index in [1.807, 2.05) is 0 Å². The van der Waals surface area contributed by atoms with Gasteiger partial charge in [-0.15, -0.1) is 0 Å². The summed E-state index contributed by atoms with van der Waals surface area (Å²) in [6.07, 6.45) is 9.64. The number of nitrogens with one attached hydrogen (secondary N) is 1. The fraction of sp³-hybridized carbons (Fsp3) is 1.00. The lowest BCUT2D eigenvalue weighted by Crippen LogP contribution is -2.39. The van der Waals surface area contributed by atoms with Crippen LogP contribution in [0.4, 0.5) is 0 Å². The third-order valence-electron chi connectivity index (χ3n) is 4.07. The summed E-state index contributed by atoms with van der Waals surface area (Å²) >= 11 is 0. The Morgan fingerprint density at radius 2 is 1.94 bits per heavy atom. The molecular formula is C14H27NO. The van der Waals surface area contributed by atoms with Gasteiger partial charge in [0.2, 0.25) is 0 Å². The van der Waals surface area contributed by atoms with Gasteiger partial charge in [0, 0.05) is 19.3 Å². The van der Waals surface area contributed by atoms with E-state index < -0.39 is 0 Å². The minimum absolute atomic E-state index is 0.768. The zero-order valence-corrected chi connectivity index (χ0v) is 10.7. The Hall–Kier alpha value is -0.0800. The first-order valence-electron chi connectivity index (χ1n) is 7.21. The van der Waals surface area contributed by atoms with E-state index in [0.29, 0.717) is 0 Å². The normalized spacial score (nSPS) is 24.6. The first kappa shape index (κ1) is 12.4. The summed E-state index contributed by atoms with van der Waals surface area (Å²) in [4.78, 5) is 0. The van der Waals surface area contributed by atoms with E-state index in [1.165, 1.54) is 51.5 Å². The van der Waals surface area contributed by atoms with Gasteiger partial charge in [0.25, 0.3) is 0 Å². The van der Waals surface area contributed by atoms with Gasteiger partial charge in [0.1, 0.15) is 0 Å². The summed E-state index contributed by atoms with van der Waals surface area (Å²) in [5.41, 5.74) is 0. The van der Waals surface area contributed by atoms with E-state index in [4.69, 9.17) is 4.74 Å². The second kappa shape index (κ2) is 6.61. The monoisotopic (exact) mass is 225 g/mol. The molecule has 2 rings (SSSR count). The molecule has 1 aliphatic carbocycles. The Labute approximate surface area is 100 Å². The van der Waals surface area contributed by atoms with Crippen LogP contribution in [0.1, 0.15) is 51.9 Å². The van der Waals surface area contributed by atoms with Gasteiger partial charge in [-0.05, 0) is 50.5 Å². The van der Waals surface area contributed by atoms with E-state index in [9.17, 15) is 0 Å². The van der Waals surface area contributed by atoms with Crippen LogP contribution >= 0.6 is 0 Å². The van der Waals surface area contributed by atoms with Crippen LogP contribution in [-0.2, 0) is 4.74 Å². The molecule has 0 aromatic rings. The van der Waals surface area contributed by atoms with Gasteiger partial charge in [-0.2, -0.15) is 0 Å². The maximum Gasteiger partial charge on any atom is 0.0469 e. The topological polar surface area (TPSA) is 21.3 Å². The van der Waals surface area contributed by atoms with Crippen LogP contribution in [0.15, 0.2) is 0 Å². The van der Waals surface area contributed by atoms with Crippen molar-refractivity contribution in [1.29, 1.82) is 0 Å². The Morgan fingerprint density at radius 3 is 2.56 bits per heavy atom. The zero-order valence-electron chi connectivity index (χ0n) is 10.7. The molecular weight excluding hydrogens is 198 g/mol. The van der Waals surface area contributed by atoms with Crippen LogP contribution < -0.4 is 5.32 Å². The van der Waals surface area contributed by atoms with E-state index >= 15 is 0 Å². The van der Waals surface area contributed by atoms with Crippen molar-refractivity contribution in [2.45, 2.75) is 57.9 Å². The van der Waals surface area contributed by atoms with E-state index in [2.05, 4.69) is 12.2 Å². The van der Waals surface area contributed by atoms with E-state index in [1.54, 1.807) is 0 Å². The van der Waals surface area contributed by atoms with Crippen LogP contribution in [0, 0.1) is 11.8 Å². The van der Waals surface area contributed by atoms with Crippen molar-refractivity contribution < 1.29 is 4.74 Å². The molecule has 1 saturated heterocycles. The van der Waals surface area contributed by atoms with Crippen LogP contribution in [0.5, 0.6) is 0 Å². The highest BCUT2D eigenvalue weighted by atomic mass is 16.5. The second-order valence-electron chi connectivity index (χ2n) is 5.53. The molecule has 2 heteroatoms. The molecule has 94 valence electrons. The Morgan fingerprint density at radius 1 is 1.19 bits per heavy atom. The fourth-order valence-electron chi connectivity index (χ4n) is 2.77. The lowest BCUT2D eigenvalue weighted by molar-refractivity contribution is 0.0521. The molecule has 1 saturated carbocycles. The lowest BCUT2D eigenvalue weighted by atomic mass is 9.88. The molecule has 1 heterocycles. The third-order valence-corrected chi connectivity index (χ3v) is 4.07. The van der Waals surface area contributed by atoms with Gasteiger partial charge in [-0.1, -0.05) is 19.8 Å². The van der Waals surface area contributed by atoms with Crippen LogP contribution in [0.25, 0.3) is 0 Å². The molecule has 0 bridgehead atoms. The molecule has 2 aliphatic rings. The molecule has 0 aromatic heterocycles. The zero-order chi connectivity index (χ0) is 11.2. The summed E-state index contributed by atoms with van der Waals surface area (Å²) in [6, 6.07) is 0.768. The van der Waals surface area contributed by atoms with E-state index in [-0.39, 0.29) is 0 Å². The minimum atomic E-state index is 0.768. The molecule has 2 fully saturated rings. The Bertz CT molecular complexity index is 185. The fourth-order valence-corrected chi connectivity index (χ4v) is 2.77. The molecule has 1 aliphatic heterocycles. The summed E-state index contributed by atoms with van der Waals surface area (Å²) < 4.78 is 5.46. The highest BCUT2D eigenvalue weighted by molar-refractivity contribution is 4.82. The number of hydrogen-bond acceptors (Lipinski definition) is 2. The van der Waals surface area contributed by atoms with Crippen molar-refractivity contribution >= 4 is 0 Å². The van der Waals surface area contributed by atoms with Crippen LogP contribution in [0.2, 0.25) is 0 Å². The number of hydrogen-bond donors (Lipinski definition) is 1. The largest absolute Gasteiger partial charge is 0.381 e. The molecule has 0 amide bonds. The Balaban J connectivity index is 1.73.